The Bertz CT molecular complexity index is 478. The zero-order valence-corrected chi connectivity index (χ0v) is 11.3. The molecule has 0 bridgehead atoms. The topological polar surface area (TPSA) is 29.3 Å². The average Bonchev–Trinajstić information content (AvgIpc) is 2.33. The summed E-state index contributed by atoms with van der Waals surface area (Å²) in [7, 11) is 0. The molecule has 2 rings (SSSR count). The van der Waals surface area contributed by atoms with E-state index >= 15 is 0 Å². The van der Waals surface area contributed by atoms with Crippen molar-refractivity contribution in [2.45, 2.75) is 33.2 Å². The highest BCUT2D eigenvalue weighted by Crippen LogP contribution is 2.30. The number of benzene rings is 1. The summed E-state index contributed by atoms with van der Waals surface area (Å²) in [5.41, 5.74) is 10.0. The summed E-state index contributed by atoms with van der Waals surface area (Å²) in [5.74, 6) is -0.171. The van der Waals surface area contributed by atoms with Gasteiger partial charge in [-0.2, -0.15) is 0 Å². The van der Waals surface area contributed by atoms with Crippen LogP contribution in [0.1, 0.15) is 37.4 Å². The minimum atomic E-state index is -0.171. The highest BCUT2D eigenvalue weighted by Gasteiger charge is 2.17. The van der Waals surface area contributed by atoms with Gasteiger partial charge in [0.2, 0.25) is 0 Å². The van der Waals surface area contributed by atoms with Crippen LogP contribution in [0.15, 0.2) is 23.8 Å². The van der Waals surface area contributed by atoms with Crippen molar-refractivity contribution in [3.63, 3.8) is 0 Å². The number of halogens is 1. The normalized spacial score (nSPS) is 17.6. The molecule has 0 fully saturated rings. The molecule has 1 aliphatic rings. The highest BCUT2D eigenvalue weighted by molar-refractivity contribution is 5.58. The lowest BCUT2D eigenvalue weighted by Gasteiger charge is -2.30. The molecule has 1 unspecified atom stereocenters. The maximum Gasteiger partial charge on any atom is 0.126 e. The van der Waals surface area contributed by atoms with E-state index in [1.807, 2.05) is 13.0 Å². The van der Waals surface area contributed by atoms with Crippen LogP contribution in [0.5, 0.6) is 0 Å². The van der Waals surface area contributed by atoms with Crippen LogP contribution in [0.4, 0.5) is 10.1 Å². The Balaban J connectivity index is 2.40. The molecule has 18 heavy (non-hydrogen) atoms. The molecule has 1 atom stereocenters. The van der Waals surface area contributed by atoms with Gasteiger partial charge in [-0.1, -0.05) is 11.6 Å². The van der Waals surface area contributed by atoms with Crippen molar-refractivity contribution in [3.8, 4) is 0 Å². The summed E-state index contributed by atoms with van der Waals surface area (Å²) in [6, 6.07) is 3.35. The summed E-state index contributed by atoms with van der Waals surface area (Å²) >= 11 is 0. The summed E-state index contributed by atoms with van der Waals surface area (Å²) in [4.78, 5) is 2.28. The number of hydrogen-bond donors (Lipinski definition) is 1. The predicted octanol–water partition coefficient (Wildman–Crippen LogP) is 3.31. The maximum atomic E-state index is 13.7. The Morgan fingerprint density at radius 1 is 1.33 bits per heavy atom. The third kappa shape index (κ3) is 2.56. The first-order valence-corrected chi connectivity index (χ1v) is 6.45. The van der Waals surface area contributed by atoms with Gasteiger partial charge in [-0.25, -0.2) is 4.39 Å². The monoisotopic (exact) mass is 248 g/mol. The zero-order chi connectivity index (χ0) is 13.3. The van der Waals surface area contributed by atoms with Gasteiger partial charge in [0.15, 0.2) is 0 Å². The first-order valence-electron chi connectivity index (χ1n) is 6.45. The SMILES string of the molecule is CC1=CCN(c2cc(C)c(F)cc2C(C)N)CC1. The lowest BCUT2D eigenvalue weighted by molar-refractivity contribution is 0.612. The molecule has 1 aromatic carbocycles. The number of aryl methyl sites for hydroxylation is 1. The Labute approximate surface area is 108 Å². The summed E-state index contributed by atoms with van der Waals surface area (Å²) in [6.07, 6.45) is 3.29. The lowest BCUT2D eigenvalue weighted by Crippen LogP contribution is -2.30. The molecular weight excluding hydrogens is 227 g/mol. The first kappa shape index (κ1) is 13.1. The van der Waals surface area contributed by atoms with Gasteiger partial charge in [0, 0.05) is 24.8 Å². The second-order valence-electron chi connectivity index (χ2n) is 5.20. The van der Waals surface area contributed by atoms with Crippen molar-refractivity contribution in [2.24, 2.45) is 5.73 Å². The van der Waals surface area contributed by atoms with E-state index in [0.29, 0.717) is 5.56 Å². The van der Waals surface area contributed by atoms with E-state index in [2.05, 4.69) is 17.9 Å². The molecule has 0 spiro atoms. The van der Waals surface area contributed by atoms with Crippen LogP contribution in [0, 0.1) is 12.7 Å². The van der Waals surface area contributed by atoms with E-state index in [1.54, 1.807) is 13.0 Å². The molecule has 1 heterocycles. The molecule has 0 aliphatic carbocycles. The van der Waals surface area contributed by atoms with E-state index < -0.39 is 0 Å². The average molecular weight is 248 g/mol. The maximum absolute atomic E-state index is 13.7. The van der Waals surface area contributed by atoms with Crippen LogP contribution >= 0.6 is 0 Å². The molecule has 0 saturated carbocycles. The Morgan fingerprint density at radius 2 is 2.06 bits per heavy atom. The first-order chi connectivity index (χ1) is 8.49. The molecule has 2 nitrogen and oxygen atoms in total. The fraction of sp³-hybridized carbons (Fsp3) is 0.467. The predicted molar refractivity (Wildman–Crippen MR) is 74.3 cm³/mol. The van der Waals surface area contributed by atoms with Crippen LogP contribution in [-0.4, -0.2) is 13.1 Å². The molecule has 0 aromatic heterocycles. The molecule has 1 aromatic rings. The van der Waals surface area contributed by atoms with Crippen LogP contribution < -0.4 is 10.6 Å². The molecule has 3 heteroatoms. The zero-order valence-electron chi connectivity index (χ0n) is 11.3. The summed E-state index contributed by atoms with van der Waals surface area (Å²) in [6.45, 7) is 7.72. The van der Waals surface area contributed by atoms with Crippen molar-refractivity contribution in [1.82, 2.24) is 0 Å². The third-order valence-corrected chi connectivity index (χ3v) is 3.58. The van der Waals surface area contributed by atoms with Gasteiger partial charge in [-0.15, -0.1) is 0 Å². The second-order valence-corrected chi connectivity index (χ2v) is 5.20. The quantitative estimate of drug-likeness (QED) is 0.814. The lowest BCUT2D eigenvalue weighted by atomic mass is 10.0. The van der Waals surface area contributed by atoms with Gasteiger partial charge in [-0.3, -0.25) is 0 Å². The minimum Gasteiger partial charge on any atom is -0.367 e. The van der Waals surface area contributed by atoms with Gasteiger partial charge in [-0.05, 0) is 50.5 Å². The Hall–Kier alpha value is -1.35. The van der Waals surface area contributed by atoms with E-state index in [-0.39, 0.29) is 11.9 Å². The number of anilines is 1. The van der Waals surface area contributed by atoms with Crippen LogP contribution in [0.25, 0.3) is 0 Å². The largest absolute Gasteiger partial charge is 0.367 e. The molecule has 0 radical (unpaired) electrons. The summed E-state index contributed by atoms with van der Waals surface area (Å²) in [5, 5.41) is 0. The van der Waals surface area contributed by atoms with Crippen molar-refractivity contribution < 1.29 is 4.39 Å². The van der Waals surface area contributed by atoms with E-state index in [1.165, 1.54) is 5.57 Å². The van der Waals surface area contributed by atoms with Crippen molar-refractivity contribution in [1.29, 1.82) is 0 Å². The number of hydrogen-bond acceptors (Lipinski definition) is 2. The van der Waals surface area contributed by atoms with Crippen molar-refractivity contribution >= 4 is 5.69 Å². The van der Waals surface area contributed by atoms with Gasteiger partial charge < -0.3 is 10.6 Å². The fourth-order valence-corrected chi connectivity index (χ4v) is 2.31. The van der Waals surface area contributed by atoms with Crippen LogP contribution in [0.3, 0.4) is 0 Å². The van der Waals surface area contributed by atoms with Gasteiger partial charge in [0.05, 0.1) is 0 Å². The van der Waals surface area contributed by atoms with Crippen LogP contribution in [0.2, 0.25) is 0 Å². The van der Waals surface area contributed by atoms with E-state index in [0.717, 1.165) is 30.8 Å². The molecule has 0 saturated heterocycles. The van der Waals surface area contributed by atoms with Gasteiger partial charge >= 0.3 is 0 Å². The standard InChI is InChI=1S/C15H21FN2/c1-10-4-6-18(7-5-10)15-8-11(2)14(16)9-13(15)12(3)17/h4,8-9,12H,5-7,17H2,1-3H3. The molecule has 0 amide bonds. The molecular formula is C15H21FN2. The highest BCUT2D eigenvalue weighted by atomic mass is 19.1. The fourth-order valence-electron chi connectivity index (χ4n) is 2.31. The Kier molecular flexibility index (Phi) is 3.71. The van der Waals surface area contributed by atoms with Crippen molar-refractivity contribution in [3.05, 3.63) is 40.7 Å². The second kappa shape index (κ2) is 5.11. The number of nitrogens with two attached hydrogens (primary N) is 1. The smallest absolute Gasteiger partial charge is 0.126 e. The number of rotatable bonds is 2. The summed E-state index contributed by atoms with van der Waals surface area (Å²) < 4.78 is 13.7. The van der Waals surface area contributed by atoms with E-state index in [4.69, 9.17) is 5.73 Å². The van der Waals surface area contributed by atoms with E-state index in [9.17, 15) is 4.39 Å². The molecule has 98 valence electrons. The van der Waals surface area contributed by atoms with Gasteiger partial charge in [0.1, 0.15) is 5.82 Å². The Morgan fingerprint density at radius 3 is 2.61 bits per heavy atom. The van der Waals surface area contributed by atoms with Crippen molar-refractivity contribution in [2.75, 3.05) is 18.0 Å². The molecule has 1 aliphatic heterocycles. The molecule has 2 N–H and O–H groups in total. The minimum absolute atomic E-state index is 0.151. The number of nitrogens with zero attached hydrogens (tertiary/aromatic N) is 1. The third-order valence-electron chi connectivity index (χ3n) is 3.58. The van der Waals surface area contributed by atoms with Crippen LogP contribution in [-0.2, 0) is 0 Å². The van der Waals surface area contributed by atoms with Gasteiger partial charge in [0.25, 0.3) is 0 Å².